The number of hydrogen-bond acceptors (Lipinski definition) is 4. The summed E-state index contributed by atoms with van der Waals surface area (Å²) in [5, 5.41) is 17.4. The molecule has 7 nitrogen and oxygen atoms in total. The van der Waals surface area contributed by atoms with Crippen LogP contribution in [-0.2, 0) is 19.1 Å². The fraction of sp³-hybridized carbons (Fsp3) is 0.727. The Morgan fingerprint density at radius 3 is 2.00 bits per heavy atom. The smallest absolute Gasteiger partial charge is 0.320 e. The van der Waals surface area contributed by atoms with Gasteiger partial charge >= 0.3 is 17.9 Å². The molecule has 0 aromatic carbocycles. The highest BCUT2D eigenvalue weighted by Gasteiger charge is 2.29. The first-order valence-electron chi connectivity index (χ1n) is 5.48. The number of aliphatic carboxylic acids is 2. The molecule has 0 rings (SSSR count). The van der Waals surface area contributed by atoms with Gasteiger partial charge in [0.05, 0.1) is 27.6 Å². The Labute approximate surface area is 106 Å². The van der Waals surface area contributed by atoms with Crippen molar-refractivity contribution in [1.82, 2.24) is 0 Å². The summed E-state index contributed by atoms with van der Waals surface area (Å²) in [4.78, 5) is 32.7. The molecule has 104 valence electrons. The lowest BCUT2D eigenvalue weighted by Gasteiger charge is -2.28. The Morgan fingerprint density at radius 2 is 1.67 bits per heavy atom. The van der Waals surface area contributed by atoms with Gasteiger partial charge in [0, 0.05) is 0 Å². The molecule has 0 saturated heterocycles. The van der Waals surface area contributed by atoms with E-state index >= 15 is 0 Å². The van der Waals surface area contributed by atoms with E-state index in [9.17, 15) is 14.4 Å². The Kier molecular flexibility index (Phi) is 5.77. The van der Waals surface area contributed by atoms with Gasteiger partial charge in [-0.2, -0.15) is 0 Å². The third kappa shape index (κ3) is 6.85. The van der Waals surface area contributed by atoms with Gasteiger partial charge in [0.25, 0.3) is 0 Å². The molecular formula is C11H20NO6+. The lowest BCUT2D eigenvalue weighted by Crippen LogP contribution is -2.44. The van der Waals surface area contributed by atoms with Crippen molar-refractivity contribution in [3.05, 3.63) is 0 Å². The molecule has 0 fully saturated rings. The van der Waals surface area contributed by atoms with Crippen LogP contribution in [0.1, 0.15) is 13.3 Å². The minimum absolute atomic E-state index is 0.296. The fourth-order valence-electron chi connectivity index (χ4n) is 1.32. The van der Waals surface area contributed by atoms with E-state index in [2.05, 4.69) is 0 Å². The molecule has 0 aromatic rings. The van der Waals surface area contributed by atoms with Crippen LogP contribution in [0.2, 0.25) is 0 Å². The van der Waals surface area contributed by atoms with Crippen LogP contribution in [0.25, 0.3) is 0 Å². The van der Waals surface area contributed by atoms with E-state index in [-0.39, 0.29) is 6.42 Å². The van der Waals surface area contributed by atoms with Crippen LogP contribution < -0.4 is 0 Å². The summed E-state index contributed by atoms with van der Waals surface area (Å²) >= 11 is 0. The van der Waals surface area contributed by atoms with Gasteiger partial charge in [-0.05, 0) is 6.92 Å². The number of carbonyl (C=O) groups excluding carboxylic acids is 1. The monoisotopic (exact) mass is 262 g/mol. The lowest BCUT2D eigenvalue weighted by atomic mass is 10.2. The molecule has 0 amide bonds. The van der Waals surface area contributed by atoms with Gasteiger partial charge in [0.15, 0.2) is 12.0 Å². The van der Waals surface area contributed by atoms with E-state index in [1.165, 1.54) is 6.92 Å². The molecule has 2 N–H and O–H groups in total. The second-order valence-electron chi connectivity index (χ2n) is 5.19. The number of rotatable bonds is 7. The van der Waals surface area contributed by atoms with Crippen LogP contribution in [0.3, 0.4) is 0 Å². The van der Waals surface area contributed by atoms with Crippen LogP contribution in [0.5, 0.6) is 0 Å². The standard InChI is InChI=1S/C11H19NO6/c1-7(10(15)16)11(17)18-8(5-9(13)14)6-12(2,3)4/h7-8H,5-6H2,1-4H3,(H-,13,14,15,16)/p+1/t7-,8-/m0/s1. The predicted octanol–water partition coefficient (Wildman–Crippen LogP) is -0.200. The molecule has 0 saturated carbocycles. The first kappa shape index (κ1) is 16.4. The summed E-state index contributed by atoms with van der Waals surface area (Å²) in [7, 11) is 5.47. The number of likely N-dealkylation sites (N-methyl/N-ethyl adjacent to an activating group) is 1. The largest absolute Gasteiger partial charge is 0.481 e. The number of esters is 1. The van der Waals surface area contributed by atoms with Gasteiger partial charge in [-0.15, -0.1) is 0 Å². The lowest BCUT2D eigenvalue weighted by molar-refractivity contribution is -0.873. The van der Waals surface area contributed by atoms with E-state index in [4.69, 9.17) is 14.9 Å². The molecule has 0 spiro atoms. The van der Waals surface area contributed by atoms with E-state index in [1.54, 1.807) is 0 Å². The van der Waals surface area contributed by atoms with Crippen molar-refractivity contribution in [1.29, 1.82) is 0 Å². The molecule has 0 unspecified atom stereocenters. The maximum Gasteiger partial charge on any atom is 0.320 e. The zero-order chi connectivity index (χ0) is 14.5. The first-order chi connectivity index (χ1) is 8.03. The first-order valence-corrected chi connectivity index (χ1v) is 5.48. The van der Waals surface area contributed by atoms with Gasteiger partial charge < -0.3 is 19.4 Å². The normalized spacial score (nSPS) is 14.7. The van der Waals surface area contributed by atoms with E-state index in [0.29, 0.717) is 11.0 Å². The van der Waals surface area contributed by atoms with E-state index < -0.39 is 29.9 Å². The fourth-order valence-corrected chi connectivity index (χ4v) is 1.32. The Morgan fingerprint density at radius 1 is 1.17 bits per heavy atom. The summed E-state index contributed by atoms with van der Waals surface area (Å²) < 4.78 is 5.35. The van der Waals surface area contributed by atoms with Crippen LogP contribution in [0, 0.1) is 5.92 Å². The van der Waals surface area contributed by atoms with Gasteiger partial charge in [0.2, 0.25) is 0 Å². The van der Waals surface area contributed by atoms with Gasteiger partial charge in [0.1, 0.15) is 6.54 Å². The minimum Gasteiger partial charge on any atom is -0.481 e. The van der Waals surface area contributed by atoms with Crippen LogP contribution in [-0.4, -0.2) is 66.4 Å². The van der Waals surface area contributed by atoms with Crippen molar-refractivity contribution in [2.45, 2.75) is 19.4 Å². The molecule has 18 heavy (non-hydrogen) atoms. The summed E-state index contributed by atoms with van der Waals surface area (Å²) in [6.07, 6.45) is -1.18. The van der Waals surface area contributed by atoms with Crippen LogP contribution in [0.4, 0.5) is 0 Å². The molecule has 2 atom stereocenters. The number of carboxylic acid groups (broad SMARTS) is 2. The summed E-state index contributed by atoms with van der Waals surface area (Å²) in [5.74, 6) is -4.60. The molecule has 0 radical (unpaired) electrons. The highest BCUT2D eigenvalue weighted by atomic mass is 16.5. The highest BCUT2D eigenvalue weighted by molar-refractivity contribution is 5.93. The Balaban J connectivity index is 4.63. The molecular weight excluding hydrogens is 242 g/mol. The van der Waals surface area contributed by atoms with Crippen molar-refractivity contribution in [2.75, 3.05) is 27.7 Å². The van der Waals surface area contributed by atoms with Gasteiger partial charge in [-0.3, -0.25) is 14.4 Å². The van der Waals surface area contributed by atoms with Gasteiger partial charge in [-0.25, -0.2) is 0 Å². The van der Waals surface area contributed by atoms with Crippen molar-refractivity contribution in [3.8, 4) is 0 Å². The molecule has 0 aromatic heterocycles. The van der Waals surface area contributed by atoms with Gasteiger partial charge in [-0.1, -0.05) is 0 Å². The third-order valence-corrected chi connectivity index (χ3v) is 2.16. The highest BCUT2D eigenvalue weighted by Crippen LogP contribution is 2.09. The second-order valence-corrected chi connectivity index (χ2v) is 5.19. The average Bonchev–Trinajstić information content (AvgIpc) is 2.11. The summed E-state index contributed by atoms with van der Waals surface area (Å²) in [6.45, 7) is 1.50. The number of hydrogen-bond donors (Lipinski definition) is 2. The molecule has 0 aliphatic carbocycles. The zero-order valence-electron chi connectivity index (χ0n) is 11.0. The Bertz CT molecular complexity index is 333. The number of ether oxygens (including phenoxy) is 1. The molecule has 0 aliphatic rings. The SMILES string of the molecule is C[C@@H](C(=O)O)C(=O)O[C@@H](CC(=O)O)C[N+](C)(C)C. The zero-order valence-corrected chi connectivity index (χ0v) is 11.0. The van der Waals surface area contributed by atoms with E-state index in [0.717, 1.165) is 0 Å². The second kappa shape index (κ2) is 6.34. The van der Waals surface area contributed by atoms with Crippen molar-refractivity contribution in [2.24, 2.45) is 5.92 Å². The predicted molar refractivity (Wildman–Crippen MR) is 61.8 cm³/mol. The number of quaternary nitrogens is 1. The summed E-state index contributed by atoms with van der Waals surface area (Å²) in [6, 6.07) is 0. The number of carbonyl (C=O) groups is 3. The third-order valence-electron chi connectivity index (χ3n) is 2.16. The van der Waals surface area contributed by atoms with Crippen molar-refractivity contribution < 1.29 is 33.8 Å². The van der Waals surface area contributed by atoms with E-state index in [1.807, 2.05) is 21.1 Å². The number of carboxylic acids is 2. The van der Waals surface area contributed by atoms with Crippen molar-refractivity contribution >= 4 is 17.9 Å². The van der Waals surface area contributed by atoms with Crippen LogP contribution in [0.15, 0.2) is 0 Å². The molecule has 0 heterocycles. The topological polar surface area (TPSA) is 101 Å². The number of nitrogens with zero attached hydrogens (tertiary/aromatic N) is 1. The molecule has 0 aliphatic heterocycles. The minimum atomic E-state index is -1.30. The average molecular weight is 262 g/mol. The maximum absolute atomic E-state index is 11.5. The molecule has 7 heteroatoms. The van der Waals surface area contributed by atoms with Crippen molar-refractivity contribution in [3.63, 3.8) is 0 Å². The maximum atomic E-state index is 11.5. The van der Waals surface area contributed by atoms with Crippen LogP contribution >= 0.6 is 0 Å². The summed E-state index contributed by atoms with van der Waals surface area (Å²) in [5.41, 5.74) is 0. The molecule has 0 bridgehead atoms. The quantitative estimate of drug-likeness (QED) is 0.374. The Hall–Kier alpha value is -1.63.